The highest BCUT2D eigenvalue weighted by Crippen LogP contribution is 2.28. The van der Waals surface area contributed by atoms with Gasteiger partial charge in [0.2, 0.25) is 0 Å². The predicted molar refractivity (Wildman–Crippen MR) is 125 cm³/mol. The summed E-state index contributed by atoms with van der Waals surface area (Å²) in [5.74, 6) is -0.210. The van der Waals surface area contributed by atoms with Crippen molar-refractivity contribution < 1.29 is 9.53 Å². The number of amides is 1. The molecular weight excluding hydrogens is 424 g/mol. The number of ether oxygens (including phenoxy) is 1. The molecule has 1 saturated heterocycles. The molecule has 4 heterocycles. The van der Waals surface area contributed by atoms with E-state index in [1.54, 1.807) is 4.68 Å². The molecule has 0 atom stereocenters. The molecule has 1 amide bonds. The van der Waals surface area contributed by atoms with Gasteiger partial charge in [0, 0.05) is 37.6 Å². The molecule has 4 aromatic rings. The predicted octanol–water partition coefficient (Wildman–Crippen LogP) is 3.48. The molecule has 0 saturated carbocycles. The van der Waals surface area contributed by atoms with Crippen LogP contribution in [0, 0.1) is 6.92 Å². The molecule has 1 aliphatic heterocycles. The van der Waals surface area contributed by atoms with Crippen molar-refractivity contribution in [2.24, 2.45) is 7.05 Å². The number of fused-ring (bicyclic) bond motifs is 1. The van der Waals surface area contributed by atoms with Crippen molar-refractivity contribution in [3.8, 4) is 11.3 Å². The number of hydrogen-bond acceptors (Lipinski definition) is 7. The molecule has 0 unspecified atom stereocenters. The van der Waals surface area contributed by atoms with Crippen LogP contribution in [0.2, 0.25) is 0 Å². The van der Waals surface area contributed by atoms with E-state index in [1.165, 1.54) is 11.3 Å². The smallest absolute Gasteiger partial charge is 0.258 e. The van der Waals surface area contributed by atoms with Gasteiger partial charge in [-0.15, -0.1) is 11.3 Å². The standard InChI is InChI=1S/C23H24N6O2S/c1-15-20-18(12-19(16-6-4-3-5-7-16)25-21(20)28(2)27-15)22(30)26-23-24-17(14-32-23)13-29-8-10-31-11-9-29/h3-7,12,14H,8-11,13H2,1-2H3,(H,24,26,30). The van der Waals surface area contributed by atoms with Crippen LogP contribution in [-0.4, -0.2) is 56.9 Å². The summed E-state index contributed by atoms with van der Waals surface area (Å²) in [7, 11) is 1.84. The second-order valence-corrected chi connectivity index (χ2v) is 8.67. The van der Waals surface area contributed by atoms with E-state index in [-0.39, 0.29) is 5.91 Å². The number of thiazole rings is 1. The summed E-state index contributed by atoms with van der Waals surface area (Å²) in [6.45, 7) is 5.95. The van der Waals surface area contributed by atoms with Crippen LogP contribution in [-0.2, 0) is 18.3 Å². The number of nitrogens with one attached hydrogen (secondary N) is 1. The van der Waals surface area contributed by atoms with Crippen LogP contribution in [0.15, 0.2) is 41.8 Å². The largest absolute Gasteiger partial charge is 0.379 e. The van der Waals surface area contributed by atoms with Gasteiger partial charge >= 0.3 is 0 Å². The Kier molecular flexibility index (Phi) is 5.69. The van der Waals surface area contributed by atoms with Gasteiger partial charge < -0.3 is 4.74 Å². The first-order valence-electron chi connectivity index (χ1n) is 10.5. The number of carbonyl (C=O) groups excluding carboxylic acids is 1. The van der Waals surface area contributed by atoms with Gasteiger partial charge in [-0.2, -0.15) is 5.10 Å². The van der Waals surface area contributed by atoms with Crippen LogP contribution in [0.5, 0.6) is 0 Å². The molecular formula is C23H24N6O2S. The summed E-state index contributed by atoms with van der Waals surface area (Å²) in [5, 5.41) is 10.8. The molecule has 3 aromatic heterocycles. The topological polar surface area (TPSA) is 85.2 Å². The van der Waals surface area contributed by atoms with Crippen molar-refractivity contribution in [3.05, 3.63) is 58.7 Å². The zero-order valence-corrected chi connectivity index (χ0v) is 18.9. The maximum atomic E-state index is 13.3. The highest BCUT2D eigenvalue weighted by atomic mass is 32.1. The van der Waals surface area contributed by atoms with E-state index in [0.29, 0.717) is 16.3 Å². The lowest BCUT2D eigenvalue weighted by molar-refractivity contribution is 0.0337. The lowest BCUT2D eigenvalue weighted by Crippen LogP contribution is -2.35. The number of morpholine rings is 1. The number of aromatic nitrogens is 4. The minimum Gasteiger partial charge on any atom is -0.379 e. The van der Waals surface area contributed by atoms with Gasteiger partial charge in [-0.1, -0.05) is 30.3 Å². The highest BCUT2D eigenvalue weighted by molar-refractivity contribution is 7.14. The van der Waals surface area contributed by atoms with Gasteiger partial charge in [-0.25, -0.2) is 9.97 Å². The fraction of sp³-hybridized carbons (Fsp3) is 0.304. The van der Waals surface area contributed by atoms with E-state index in [1.807, 2.05) is 55.7 Å². The summed E-state index contributed by atoms with van der Waals surface area (Å²) in [6.07, 6.45) is 0. The normalized spacial score (nSPS) is 14.7. The van der Waals surface area contributed by atoms with E-state index < -0.39 is 0 Å². The van der Waals surface area contributed by atoms with Crippen molar-refractivity contribution in [2.75, 3.05) is 31.6 Å². The van der Waals surface area contributed by atoms with E-state index in [2.05, 4.69) is 20.3 Å². The number of pyridine rings is 1. The first-order chi connectivity index (χ1) is 15.6. The molecule has 0 bridgehead atoms. The molecule has 5 rings (SSSR count). The Balaban J connectivity index is 1.44. The number of benzene rings is 1. The summed E-state index contributed by atoms with van der Waals surface area (Å²) >= 11 is 1.44. The summed E-state index contributed by atoms with van der Waals surface area (Å²) in [6, 6.07) is 11.7. The number of hydrogen-bond donors (Lipinski definition) is 1. The van der Waals surface area contributed by atoms with Gasteiger partial charge in [-0.3, -0.25) is 19.7 Å². The Hall–Kier alpha value is -3.14. The summed E-state index contributed by atoms with van der Waals surface area (Å²) in [5.41, 5.74) is 4.63. The Morgan fingerprint density at radius 3 is 2.75 bits per heavy atom. The Morgan fingerprint density at radius 1 is 1.19 bits per heavy atom. The van der Waals surface area contributed by atoms with Gasteiger partial charge in [-0.05, 0) is 13.0 Å². The molecule has 1 aliphatic rings. The molecule has 0 radical (unpaired) electrons. The van der Waals surface area contributed by atoms with Gasteiger partial charge in [0.05, 0.1) is 41.2 Å². The van der Waals surface area contributed by atoms with Gasteiger partial charge in [0.25, 0.3) is 5.91 Å². The molecule has 8 nitrogen and oxygen atoms in total. The van der Waals surface area contributed by atoms with Crippen molar-refractivity contribution in [2.45, 2.75) is 13.5 Å². The molecule has 164 valence electrons. The van der Waals surface area contributed by atoms with E-state index in [4.69, 9.17) is 9.72 Å². The third-order valence-electron chi connectivity index (χ3n) is 5.54. The SMILES string of the molecule is Cc1nn(C)c2nc(-c3ccccc3)cc(C(=O)Nc3nc(CN4CCOCC4)cs3)c12. The van der Waals surface area contributed by atoms with Crippen LogP contribution in [0.4, 0.5) is 5.13 Å². The molecule has 9 heteroatoms. The minimum atomic E-state index is -0.210. The number of rotatable bonds is 5. The van der Waals surface area contributed by atoms with Gasteiger partial charge in [0.1, 0.15) is 0 Å². The Morgan fingerprint density at radius 2 is 1.97 bits per heavy atom. The Bertz CT molecular complexity index is 1260. The minimum absolute atomic E-state index is 0.210. The fourth-order valence-electron chi connectivity index (χ4n) is 3.97. The van der Waals surface area contributed by atoms with Crippen LogP contribution < -0.4 is 5.32 Å². The second-order valence-electron chi connectivity index (χ2n) is 7.82. The molecule has 1 aromatic carbocycles. The first kappa shape index (κ1) is 20.7. The van der Waals surface area contributed by atoms with Crippen LogP contribution in [0.3, 0.4) is 0 Å². The van der Waals surface area contributed by atoms with Crippen molar-refractivity contribution in [1.82, 2.24) is 24.6 Å². The van der Waals surface area contributed by atoms with Crippen molar-refractivity contribution in [1.29, 1.82) is 0 Å². The molecule has 1 fully saturated rings. The quantitative estimate of drug-likeness (QED) is 0.503. The lowest BCUT2D eigenvalue weighted by atomic mass is 10.1. The molecule has 32 heavy (non-hydrogen) atoms. The molecule has 0 aliphatic carbocycles. The van der Waals surface area contributed by atoms with Crippen molar-refractivity contribution in [3.63, 3.8) is 0 Å². The monoisotopic (exact) mass is 448 g/mol. The average molecular weight is 449 g/mol. The zero-order valence-electron chi connectivity index (χ0n) is 18.0. The summed E-state index contributed by atoms with van der Waals surface area (Å²) < 4.78 is 7.12. The van der Waals surface area contributed by atoms with E-state index in [9.17, 15) is 4.79 Å². The van der Waals surface area contributed by atoms with Crippen LogP contribution in [0.25, 0.3) is 22.3 Å². The van der Waals surface area contributed by atoms with E-state index in [0.717, 1.165) is 60.9 Å². The number of nitrogens with zero attached hydrogens (tertiary/aromatic N) is 5. The molecule has 1 N–H and O–H groups in total. The Labute approximate surface area is 189 Å². The van der Waals surface area contributed by atoms with Crippen LogP contribution in [0.1, 0.15) is 21.7 Å². The maximum absolute atomic E-state index is 13.3. The van der Waals surface area contributed by atoms with Crippen LogP contribution >= 0.6 is 11.3 Å². The van der Waals surface area contributed by atoms with E-state index >= 15 is 0 Å². The number of aryl methyl sites for hydroxylation is 2. The summed E-state index contributed by atoms with van der Waals surface area (Å²) in [4.78, 5) is 25.0. The first-order valence-corrected chi connectivity index (χ1v) is 11.4. The van der Waals surface area contributed by atoms with Crippen molar-refractivity contribution >= 4 is 33.4 Å². The third kappa shape index (κ3) is 4.14. The second kappa shape index (κ2) is 8.78. The third-order valence-corrected chi connectivity index (χ3v) is 6.35. The zero-order chi connectivity index (χ0) is 22.1. The highest BCUT2D eigenvalue weighted by Gasteiger charge is 2.20. The number of anilines is 1. The molecule has 0 spiro atoms. The maximum Gasteiger partial charge on any atom is 0.258 e. The number of carbonyl (C=O) groups is 1. The van der Waals surface area contributed by atoms with Gasteiger partial charge in [0.15, 0.2) is 10.8 Å². The average Bonchev–Trinajstić information content (AvgIpc) is 3.37. The lowest BCUT2D eigenvalue weighted by Gasteiger charge is -2.25. The fourth-order valence-corrected chi connectivity index (χ4v) is 4.67.